The molecule has 4 atom stereocenters. The first-order valence-electron chi connectivity index (χ1n) is 10.2. The number of nitrogens with zero attached hydrogens (tertiary/aromatic N) is 1. The largest absolute Gasteiger partial charge is 0.449 e. The van der Waals surface area contributed by atoms with Gasteiger partial charge in [0.2, 0.25) is 11.8 Å². The number of hydrogen-bond donors (Lipinski definition) is 1. The molecule has 0 radical (unpaired) electrons. The molecule has 1 heterocycles. The van der Waals surface area contributed by atoms with Gasteiger partial charge < -0.3 is 10.1 Å². The molecule has 156 valence electrons. The minimum atomic E-state index is -0.939. The van der Waals surface area contributed by atoms with Crippen LogP contribution in [0.15, 0.2) is 24.3 Å². The molecule has 0 unspecified atom stereocenters. The summed E-state index contributed by atoms with van der Waals surface area (Å²) in [6, 6.07) is 6.24. The quantitative estimate of drug-likeness (QED) is 0.606. The second-order valence-electron chi connectivity index (χ2n) is 8.10. The zero-order valence-electron chi connectivity index (χ0n) is 17.1. The second kappa shape index (κ2) is 8.76. The second-order valence-corrected chi connectivity index (χ2v) is 8.10. The lowest BCUT2D eigenvalue weighted by Crippen LogP contribution is -2.47. The number of esters is 1. The Morgan fingerprint density at radius 2 is 1.83 bits per heavy atom. The molecule has 3 amide bonds. The lowest BCUT2D eigenvalue weighted by atomic mass is 9.78. The first-order chi connectivity index (χ1) is 13.8. The summed E-state index contributed by atoms with van der Waals surface area (Å²) in [7, 11) is 0. The average molecular weight is 400 g/mol. The summed E-state index contributed by atoms with van der Waals surface area (Å²) in [6.45, 7) is 5.87. The van der Waals surface area contributed by atoms with Crippen molar-refractivity contribution in [2.24, 2.45) is 11.8 Å². The summed E-state index contributed by atoms with van der Waals surface area (Å²) in [5.41, 5.74) is 0.531. The van der Waals surface area contributed by atoms with E-state index in [4.69, 9.17) is 4.74 Å². The van der Waals surface area contributed by atoms with Gasteiger partial charge in [-0.1, -0.05) is 32.8 Å². The topological polar surface area (TPSA) is 92.8 Å². The number of carbonyl (C=O) groups is 4. The van der Waals surface area contributed by atoms with Gasteiger partial charge in [0.15, 0.2) is 6.10 Å². The number of nitrogens with one attached hydrogen (secondary N) is 1. The van der Waals surface area contributed by atoms with Crippen molar-refractivity contribution in [3.63, 3.8) is 0 Å². The lowest BCUT2D eigenvalue weighted by Gasteiger charge is -2.35. The summed E-state index contributed by atoms with van der Waals surface area (Å²) < 4.78 is 5.33. The Balaban J connectivity index is 1.62. The summed E-state index contributed by atoms with van der Waals surface area (Å²) in [5.74, 6) is -0.634. The SMILES string of the molecule is C[C@@H]1[C@H](C)CCC[C@@H]1NC(=O)[C@@H](C)OC(=O)c1cccc(N2C(=O)CCC2=O)c1. The third kappa shape index (κ3) is 4.66. The molecule has 7 nitrogen and oxygen atoms in total. The van der Waals surface area contributed by atoms with Crippen LogP contribution in [-0.4, -0.2) is 35.8 Å². The van der Waals surface area contributed by atoms with Crippen molar-refractivity contribution in [3.05, 3.63) is 29.8 Å². The van der Waals surface area contributed by atoms with Crippen molar-refractivity contribution < 1.29 is 23.9 Å². The van der Waals surface area contributed by atoms with Crippen LogP contribution < -0.4 is 10.2 Å². The van der Waals surface area contributed by atoms with E-state index in [1.165, 1.54) is 12.1 Å². The van der Waals surface area contributed by atoms with E-state index in [9.17, 15) is 19.2 Å². The maximum atomic E-state index is 12.5. The van der Waals surface area contributed by atoms with Crippen molar-refractivity contribution in [1.29, 1.82) is 0 Å². The summed E-state index contributed by atoms with van der Waals surface area (Å²) in [5, 5.41) is 3.01. The number of benzene rings is 1. The number of anilines is 1. The molecule has 1 aromatic rings. The standard InChI is InChI=1S/C22H28N2O5/c1-13-6-4-9-18(14(13)2)23-21(27)15(3)29-22(28)16-7-5-8-17(12-16)24-19(25)10-11-20(24)26/h5,7-8,12-15,18H,4,6,9-11H2,1-3H3,(H,23,27)/t13-,14-,15-,18+/m1/s1. The van der Waals surface area contributed by atoms with Crippen molar-refractivity contribution in [2.75, 3.05) is 4.90 Å². The number of rotatable bonds is 5. The molecule has 1 aromatic carbocycles. The van der Waals surface area contributed by atoms with Gasteiger partial charge in [0.1, 0.15) is 0 Å². The van der Waals surface area contributed by atoms with E-state index in [0.717, 1.165) is 24.2 Å². The Hall–Kier alpha value is -2.70. The van der Waals surface area contributed by atoms with Crippen molar-refractivity contribution >= 4 is 29.4 Å². The summed E-state index contributed by atoms with van der Waals surface area (Å²) in [6.07, 6.45) is 2.57. The molecular formula is C22H28N2O5. The Morgan fingerprint density at radius 3 is 2.52 bits per heavy atom. The molecule has 2 fully saturated rings. The highest BCUT2D eigenvalue weighted by atomic mass is 16.5. The van der Waals surface area contributed by atoms with Gasteiger partial charge in [0.05, 0.1) is 11.3 Å². The van der Waals surface area contributed by atoms with E-state index in [-0.39, 0.29) is 42.2 Å². The highest BCUT2D eigenvalue weighted by Gasteiger charge is 2.32. The van der Waals surface area contributed by atoms with Crippen LogP contribution in [0, 0.1) is 11.8 Å². The fourth-order valence-corrected chi connectivity index (χ4v) is 4.00. The smallest absolute Gasteiger partial charge is 0.338 e. The molecule has 7 heteroatoms. The van der Waals surface area contributed by atoms with Gasteiger partial charge in [0.25, 0.3) is 5.91 Å². The molecule has 29 heavy (non-hydrogen) atoms. The molecule has 0 bridgehead atoms. The summed E-state index contributed by atoms with van der Waals surface area (Å²) in [4.78, 5) is 49.9. The normalized spacial score (nSPS) is 25.6. The van der Waals surface area contributed by atoms with Gasteiger partial charge in [-0.3, -0.25) is 19.3 Å². The number of carbonyl (C=O) groups excluding carboxylic acids is 4. The third-order valence-corrected chi connectivity index (χ3v) is 6.08. The van der Waals surface area contributed by atoms with Gasteiger partial charge in [-0.15, -0.1) is 0 Å². The zero-order chi connectivity index (χ0) is 21.1. The average Bonchev–Trinajstić information content (AvgIpc) is 3.03. The Morgan fingerprint density at radius 1 is 1.14 bits per heavy atom. The first kappa shape index (κ1) is 21.0. The Labute approximate surface area is 170 Å². The zero-order valence-corrected chi connectivity index (χ0v) is 17.1. The predicted octanol–water partition coefficient (Wildman–Crippen LogP) is 2.83. The van der Waals surface area contributed by atoms with E-state index >= 15 is 0 Å². The van der Waals surface area contributed by atoms with Gasteiger partial charge in [-0.2, -0.15) is 0 Å². The van der Waals surface area contributed by atoms with Crippen molar-refractivity contribution in [3.8, 4) is 0 Å². The molecule has 2 aliphatic rings. The van der Waals surface area contributed by atoms with E-state index in [1.807, 2.05) is 0 Å². The van der Waals surface area contributed by atoms with E-state index < -0.39 is 12.1 Å². The van der Waals surface area contributed by atoms with Crippen LogP contribution in [0.2, 0.25) is 0 Å². The van der Waals surface area contributed by atoms with Crippen LogP contribution in [0.3, 0.4) is 0 Å². The molecule has 0 aromatic heterocycles. The highest BCUT2D eigenvalue weighted by Crippen LogP contribution is 2.29. The number of imide groups is 1. The Kier molecular flexibility index (Phi) is 6.35. The maximum absolute atomic E-state index is 12.5. The van der Waals surface area contributed by atoms with Gasteiger partial charge in [0, 0.05) is 18.9 Å². The van der Waals surface area contributed by atoms with Crippen LogP contribution in [0.1, 0.15) is 63.2 Å². The van der Waals surface area contributed by atoms with Crippen LogP contribution in [0.25, 0.3) is 0 Å². The van der Waals surface area contributed by atoms with Crippen molar-refractivity contribution in [2.45, 2.75) is 65.0 Å². The minimum absolute atomic E-state index is 0.0860. The fourth-order valence-electron chi connectivity index (χ4n) is 4.00. The first-order valence-corrected chi connectivity index (χ1v) is 10.2. The molecular weight excluding hydrogens is 372 g/mol. The molecule has 0 spiro atoms. The van der Waals surface area contributed by atoms with Crippen molar-refractivity contribution in [1.82, 2.24) is 5.32 Å². The summed E-state index contributed by atoms with van der Waals surface area (Å²) >= 11 is 0. The number of amides is 3. The van der Waals surface area contributed by atoms with Crippen LogP contribution in [0.5, 0.6) is 0 Å². The fraction of sp³-hybridized carbons (Fsp3) is 0.545. The third-order valence-electron chi connectivity index (χ3n) is 6.08. The molecule has 1 N–H and O–H groups in total. The molecule has 1 aliphatic carbocycles. The molecule has 1 aliphatic heterocycles. The van der Waals surface area contributed by atoms with E-state index in [1.54, 1.807) is 19.1 Å². The monoisotopic (exact) mass is 400 g/mol. The number of ether oxygens (including phenoxy) is 1. The lowest BCUT2D eigenvalue weighted by molar-refractivity contribution is -0.130. The predicted molar refractivity (Wildman–Crippen MR) is 107 cm³/mol. The van der Waals surface area contributed by atoms with E-state index in [0.29, 0.717) is 17.5 Å². The van der Waals surface area contributed by atoms with Gasteiger partial charge in [-0.05, 0) is 43.4 Å². The molecule has 1 saturated carbocycles. The molecule has 1 saturated heterocycles. The highest BCUT2D eigenvalue weighted by molar-refractivity contribution is 6.20. The van der Waals surface area contributed by atoms with Crippen LogP contribution in [0.4, 0.5) is 5.69 Å². The molecule has 3 rings (SSSR count). The van der Waals surface area contributed by atoms with Crippen LogP contribution >= 0.6 is 0 Å². The van der Waals surface area contributed by atoms with Gasteiger partial charge in [-0.25, -0.2) is 4.79 Å². The van der Waals surface area contributed by atoms with E-state index in [2.05, 4.69) is 19.2 Å². The minimum Gasteiger partial charge on any atom is -0.449 e. The van der Waals surface area contributed by atoms with Gasteiger partial charge >= 0.3 is 5.97 Å². The Bertz CT molecular complexity index is 805. The van der Waals surface area contributed by atoms with Crippen LogP contribution in [-0.2, 0) is 19.1 Å². The number of hydrogen-bond acceptors (Lipinski definition) is 5. The maximum Gasteiger partial charge on any atom is 0.338 e.